The first-order valence-corrected chi connectivity index (χ1v) is 9.11. The van der Waals surface area contributed by atoms with Gasteiger partial charge in [0.05, 0.1) is 32.4 Å². The van der Waals surface area contributed by atoms with Gasteiger partial charge in [0.25, 0.3) is 0 Å². The molecule has 0 unspecified atom stereocenters. The number of fused-ring (bicyclic) bond motifs is 1. The van der Waals surface area contributed by atoms with E-state index >= 15 is 0 Å². The van der Waals surface area contributed by atoms with Gasteiger partial charge in [0.15, 0.2) is 0 Å². The number of benzene rings is 1. The van der Waals surface area contributed by atoms with Crippen molar-refractivity contribution in [1.29, 1.82) is 0 Å². The maximum Gasteiger partial charge on any atom is 0.350 e. The predicted octanol–water partition coefficient (Wildman–Crippen LogP) is 2.17. The molecule has 0 saturated carbocycles. The average Bonchev–Trinajstić information content (AvgIpc) is 3.25. The van der Waals surface area contributed by atoms with Crippen LogP contribution in [-0.2, 0) is 20.7 Å². The van der Waals surface area contributed by atoms with Crippen molar-refractivity contribution >= 4 is 34.3 Å². The fourth-order valence-electron chi connectivity index (χ4n) is 2.36. The van der Waals surface area contributed by atoms with Crippen molar-refractivity contribution in [2.75, 3.05) is 20.3 Å². The molecule has 2 aromatic heterocycles. The molecule has 10 heteroatoms. The minimum absolute atomic E-state index is 0.132. The molecule has 0 N–H and O–H groups in total. The highest BCUT2D eigenvalue weighted by molar-refractivity contribution is 7.16. The second kappa shape index (κ2) is 8.12. The van der Waals surface area contributed by atoms with E-state index in [9.17, 15) is 9.59 Å². The van der Waals surface area contributed by atoms with E-state index in [2.05, 4.69) is 15.2 Å². The lowest BCUT2D eigenvalue weighted by Gasteiger charge is -2.02. The van der Waals surface area contributed by atoms with Crippen molar-refractivity contribution in [3.8, 4) is 10.9 Å². The molecular formula is C17H18N4O5S. The van der Waals surface area contributed by atoms with Crippen LogP contribution in [0.5, 0.6) is 5.75 Å². The maximum atomic E-state index is 12.2. The first-order valence-electron chi connectivity index (χ1n) is 8.29. The summed E-state index contributed by atoms with van der Waals surface area (Å²) in [7, 11) is 1.57. The Labute approximate surface area is 158 Å². The quantitative estimate of drug-likeness (QED) is 0.565. The summed E-state index contributed by atoms with van der Waals surface area (Å²) in [4.78, 5) is 30.0. The average molecular weight is 390 g/mol. The van der Waals surface area contributed by atoms with Crippen molar-refractivity contribution in [2.24, 2.45) is 0 Å². The Balaban J connectivity index is 1.99. The van der Waals surface area contributed by atoms with Gasteiger partial charge >= 0.3 is 11.9 Å². The molecule has 0 amide bonds. The Bertz CT molecular complexity index is 981. The molecule has 0 saturated heterocycles. The Kier molecular flexibility index (Phi) is 5.65. The standard InChI is InChI=1S/C17H18N4O5S/c1-4-25-14(22)9-13-15(16(23)26-5-2)27-17(18-13)21-19-11-7-6-10(24-3)8-12(11)20-21/h6-8H,4-5,9H2,1-3H3. The number of thiazole rings is 1. The number of nitrogens with zero attached hydrogens (tertiary/aromatic N) is 4. The highest BCUT2D eigenvalue weighted by Gasteiger charge is 2.23. The molecule has 0 bridgehead atoms. The number of methoxy groups -OCH3 is 1. The summed E-state index contributed by atoms with van der Waals surface area (Å²) < 4.78 is 15.2. The molecule has 0 fully saturated rings. The van der Waals surface area contributed by atoms with Gasteiger partial charge in [-0.3, -0.25) is 4.79 Å². The Hall–Kier alpha value is -3.01. The zero-order chi connectivity index (χ0) is 19.4. The van der Waals surface area contributed by atoms with Crippen LogP contribution in [0.25, 0.3) is 16.2 Å². The second-order valence-electron chi connectivity index (χ2n) is 5.32. The van der Waals surface area contributed by atoms with Gasteiger partial charge in [0.2, 0.25) is 5.13 Å². The third kappa shape index (κ3) is 4.05. The molecule has 1 aromatic carbocycles. The van der Waals surface area contributed by atoms with Crippen LogP contribution in [0.15, 0.2) is 18.2 Å². The molecule has 0 aliphatic heterocycles. The summed E-state index contributed by atoms with van der Waals surface area (Å²) >= 11 is 1.06. The highest BCUT2D eigenvalue weighted by Crippen LogP contribution is 2.25. The lowest BCUT2D eigenvalue weighted by molar-refractivity contribution is -0.142. The van der Waals surface area contributed by atoms with Gasteiger partial charge in [-0.2, -0.15) is 0 Å². The predicted molar refractivity (Wildman–Crippen MR) is 97.4 cm³/mol. The number of rotatable bonds is 7. The van der Waals surface area contributed by atoms with Gasteiger partial charge in [-0.05, 0) is 26.0 Å². The van der Waals surface area contributed by atoms with E-state index in [0.29, 0.717) is 21.9 Å². The largest absolute Gasteiger partial charge is 0.497 e. The number of hydrogen-bond donors (Lipinski definition) is 0. The normalized spacial score (nSPS) is 10.8. The minimum Gasteiger partial charge on any atom is -0.497 e. The topological polar surface area (TPSA) is 105 Å². The van der Waals surface area contributed by atoms with E-state index in [0.717, 1.165) is 11.3 Å². The highest BCUT2D eigenvalue weighted by atomic mass is 32.1. The number of carbonyl (C=O) groups excluding carboxylic acids is 2. The maximum absolute atomic E-state index is 12.2. The third-order valence-electron chi connectivity index (χ3n) is 3.52. The molecule has 0 aliphatic carbocycles. The summed E-state index contributed by atoms with van der Waals surface area (Å²) in [6.07, 6.45) is -0.132. The lowest BCUT2D eigenvalue weighted by atomic mass is 10.3. The molecule has 9 nitrogen and oxygen atoms in total. The van der Waals surface area contributed by atoms with E-state index in [4.69, 9.17) is 14.2 Å². The van der Waals surface area contributed by atoms with Gasteiger partial charge in [0, 0.05) is 6.07 Å². The van der Waals surface area contributed by atoms with Gasteiger partial charge < -0.3 is 14.2 Å². The van der Waals surface area contributed by atoms with Crippen molar-refractivity contribution in [1.82, 2.24) is 20.0 Å². The van der Waals surface area contributed by atoms with E-state index in [1.807, 2.05) is 0 Å². The van der Waals surface area contributed by atoms with Gasteiger partial charge in [-0.15, -0.1) is 15.0 Å². The van der Waals surface area contributed by atoms with E-state index in [1.165, 1.54) is 4.80 Å². The number of aromatic nitrogens is 4. The number of hydrogen-bond acceptors (Lipinski definition) is 9. The molecular weight excluding hydrogens is 372 g/mol. The molecule has 142 valence electrons. The smallest absolute Gasteiger partial charge is 0.350 e. The van der Waals surface area contributed by atoms with Crippen molar-refractivity contribution in [2.45, 2.75) is 20.3 Å². The van der Waals surface area contributed by atoms with E-state index in [-0.39, 0.29) is 30.2 Å². The number of ether oxygens (including phenoxy) is 3. The molecule has 0 atom stereocenters. The fraction of sp³-hybridized carbons (Fsp3) is 0.353. The third-order valence-corrected chi connectivity index (χ3v) is 4.57. The minimum atomic E-state index is -0.543. The lowest BCUT2D eigenvalue weighted by Crippen LogP contribution is -2.12. The first kappa shape index (κ1) is 18.8. The zero-order valence-corrected chi connectivity index (χ0v) is 15.9. The summed E-state index contributed by atoms with van der Waals surface area (Å²) in [5.41, 5.74) is 1.55. The Morgan fingerprint density at radius 2 is 1.85 bits per heavy atom. The monoisotopic (exact) mass is 390 g/mol. The van der Waals surface area contributed by atoms with Crippen LogP contribution in [0.4, 0.5) is 0 Å². The summed E-state index contributed by atoms with van der Waals surface area (Å²) in [6, 6.07) is 5.30. The van der Waals surface area contributed by atoms with E-state index in [1.54, 1.807) is 39.2 Å². The first-order chi connectivity index (χ1) is 13.0. The number of carbonyl (C=O) groups is 2. The molecule has 3 rings (SSSR count). The van der Waals surface area contributed by atoms with Crippen LogP contribution in [0.3, 0.4) is 0 Å². The Morgan fingerprint density at radius 1 is 1.11 bits per heavy atom. The van der Waals surface area contributed by atoms with Crippen molar-refractivity contribution in [3.63, 3.8) is 0 Å². The molecule has 3 aromatic rings. The van der Waals surface area contributed by atoms with Crippen LogP contribution in [0, 0.1) is 0 Å². The fourth-order valence-corrected chi connectivity index (χ4v) is 3.24. The summed E-state index contributed by atoms with van der Waals surface area (Å²) in [6.45, 7) is 3.89. The molecule has 27 heavy (non-hydrogen) atoms. The van der Waals surface area contributed by atoms with Gasteiger partial charge in [-0.1, -0.05) is 11.3 Å². The van der Waals surface area contributed by atoms with Crippen molar-refractivity contribution < 1.29 is 23.8 Å². The van der Waals surface area contributed by atoms with Crippen LogP contribution in [0.1, 0.15) is 29.2 Å². The van der Waals surface area contributed by atoms with Gasteiger partial charge in [0.1, 0.15) is 21.7 Å². The van der Waals surface area contributed by atoms with Crippen LogP contribution >= 0.6 is 11.3 Å². The van der Waals surface area contributed by atoms with Crippen molar-refractivity contribution in [3.05, 3.63) is 28.8 Å². The second-order valence-corrected chi connectivity index (χ2v) is 6.30. The zero-order valence-electron chi connectivity index (χ0n) is 15.1. The molecule has 2 heterocycles. The van der Waals surface area contributed by atoms with Crippen LogP contribution in [0.2, 0.25) is 0 Å². The SMILES string of the molecule is CCOC(=O)Cc1nc(-n2nc3ccc(OC)cc3n2)sc1C(=O)OCC. The Morgan fingerprint density at radius 3 is 2.56 bits per heavy atom. The van der Waals surface area contributed by atoms with Gasteiger partial charge in [-0.25, -0.2) is 9.78 Å². The van der Waals surface area contributed by atoms with Crippen LogP contribution in [-0.4, -0.2) is 52.2 Å². The molecule has 0 spiro atoms. The van der Waals surface area contributed by atoms with E-state index < -0.39 is 11.9 Å². The number of esters is 2. The summed E-state index contributed by atoms with van der Waals surface area (Å²) in [5, 5.41) is 9.09. The van der Waals surface area contributed by atoms with Crippen LogP contribution < -0.4 is 4.74 Å². The summed E-state index contributed by atoms with van der Waals surface area (Å²) in [5.74, 6) is -0.356. The molecule has 0 aliphatic rings. The molecule has 0 radical (unpaired) electrons.